The summed E-state index contributed by atoms with van der Waals surface area (Å²) in [7, 11) is 0. The number of aromatic nitrogens is 2. The number of rotatable bonds is 4. The number of benzene rings is 1. The highest BCUT2D eigenvalue weighted by molar-refractivity contribution is 5.86. The number of nitrogens with zero attached hydrogens (tertiary/aromatic N) is 2. The van der Waals surface area contributed by atoms with Gasteiger partial charge < -0.3 is 15.6 Å². The zero-order valence-corrected chi connectivity index (χ0v) is 13.9. The first-order valence-electron chi connectivity index (χ1n) is 8.35. The SMILES string of the molecule is Cc1nccn1-c1ccc(CNC(=O)C2(N)CCCCC2)cc1F. The van der Waals surface area contributed by atoms with Gasteiger partial charge in [0.2, 0.25) is 5.91 Å². The second-order valence-electron chi connectivity index (χ2n) is 6.53. The minimum Gasteiger partial charge on any atom is -0.350 e. The number of amides is 1. The quantitative estimate of drug-likeness (QED) is 0.905. The Bertz CT molecular complexity index is 734. The molecule has 1 aromatic heterocycles. The molecule has 5 nitrogen and oxygen atoms in total. The van der Waals surface area contributed by atoms with Gasteiger partial charge in [-0.05, 0) is 37.5 Å². The summed E-state index contributed by atoms with van der Waals surface area (Å²) in [5.41, 5.74) is 6.59. The molecule has 0 atom stereocenters. The molecule has 3 rings (SSSR count). The van der Waals surface area contributed by atoms with Crippen LogP contribution in [0.1, 0.15) is 43.5 Å². The van der Waals surface area contributed by atoms with Crippen LogP contribution >= 0.6 is 0 Å². The van der Waals surface area contributed by atoms with Gasteiger partial charge in [-0.2, -0.15) is 0 Å². The number of hydrogen-bond acceptors (Lipinski definition) is 3. The van der Waals surface area contributed by atoms with Gasteiger partial charge in [0.25, 0.3) is 0 Å². The largest absolute Gasteiger partial charge is 0.350 e. The van der Waals surface area contributed by atoms with E-state index in [4.69, 9.17) is 5.73 Å². The zero-order valence-electron chi connectivity index (χ0n) is 13.9. The number of carbonyl (C=O) groups is 1. The third-order valence-corrected chi connectivity index (χ3v) is 4.75. The Balaban J connectivity index is 1.67. The van der Waals surface area contributed by atoms with Gasteiger partial charge in [0, 0.05) is 18.9 Å². The maximum Gasteiger partial charge on any atom is 0.240 e. The van der Waals surface area contributed by atoms with Crippen molar-refractivity contribution >= 4 is 5.91 Å². The summed E-state index contributed by atoms with van der Waals surface area (Å²) in [6.07, 6.45) is 7.88. The first-order valence-corrected chi connectivity index (χ1v) is 8.35. The molecule has 1 aromatic carbocycles. The molecule has 1 aliphatic carbocycles. The van der Waals surface area contributed by atoms with Crippen LogP contribution in [-0.2, 0) is 11.3 Å². The Labute approximate surface area is 141 Å². The maximum atomic E-state index is 14.4. The molecule has 2 aromatic rings. The Kier molecular flexibility index (Phi) is 4.66. The van der Waals surface area contributed by atoms with Gasteiger partial charge in [0.1, 0.15) is 11.6 Å². The van der Waals surface area contributed by atoms with E-state index in [9.17, 15) is 9.18 Å². The molecular formula is C18H23FN4O. The predicted octanol–water partition coefficient (Wildman–Crippen LogP) is 2.60. The average Bonchev–Trinajstić information content (AvgIpc) is 2.99. The maximum absolute atomic E-state index is 14.4. The Morgan fingerprint density at radius 3 is 2.75 bits per heavy atom. The lowest BCUT2D eigenvalue weighted by molar-refractivity contribution is -0.127. The highest BCUT2D eigenvalue weighted by Gasteiger charge is 2.34. The second-order valence-corrected chi connectivity index (χ2v) is 6.53. The number of imidazole rings is 1. The number of halogens is 1. The smallest absolute Gasteiger partial charge is 0.240 e. The van der Waals surface area contributed by atoms with E-state index in [0.717, 1.165) is 25.1 Å². The number of nitrogens with two attached hydrogens (primary N) is 1. The van der Waals surface area contributed by atoms with Crippen molar-refractivity contribution in [1.82, 2.24) is 14.9 Å². The number of hydrogen-bond donors (Lipinski definition) is 2. The van der Waals surface area contributed by atoms with E-state index in [1.165, 1.54) is 6.07 Å². The topological polar surface area (TPSA) is 72.9 Å². The molecule has 3 N–H and O–H groups in total. The molecule has 128 valence electrons. The van der Waals surface area contributed by atoms with Crippen LogP contribution in [0.2, 0.25) is 0 Å². The van der Waals surface area contributed by atoms with Crippen molar-refractivity contribution in [2.75, 3.05) is 0 Å². The standard InChI is InChI=1S/C18H23FN4O/c1-13-21-9-10-23(13)16-6-5-14(11-15(16)19)12-22-17(24)18(20)7-3-2-4-8-18/h5-6,9-11H,2-4,7-8,12,20H2,1H3,(H,22,24). The van der Waals surface area contributed by atoms with Gasteiger partial charge >= 0.3 is 0 Å². The molecule has 1 heterocycles. The van der Waals surface area contributed by atoms with Crippen LogP contribution in [0.4, 0.5) is 4.39 Å². The fourth-order valence-corrected chi connectivity index (χ4v) is 3.26. The molecule has 0 saturated heterocycles. The minimum absolute atomic E-state index is 0.142. The van der Waals surface area contributed by atoms with Crippen LogP contribution in [0.3, 0.4) is 0 Å². The Morgan fingerprint density at radius 2 is 2.12 bits per heavy atom. The van der Waals surface area contributed by atoms with Crippen molar-refractivity contribution in [2.24, 2.45) is 5.73 Å². The van der Waals surface area contributed by atoms with Crippen LogP contribution in [-0.4, -0.2) is 21.0 Å². The number of aryl methyl sites for hydroxylation is 1. The minimum atomic E-state index is -0.773. The summed E-state index contributed by atoms with van der Waals surface area (Å²) in [4.78, 5) is 16.4. The van der Waals surface area contributed by atoms with Crippen LogP contribution in [0.15, 0.2) is 30.6 Å². The first-order chi connectivity index (χ1) is 11.5. The number of carbonyl (C=O) groups excluding carboxylic acids is 1. The van der Waals surface area contributed by atoms with Gasteiger partial charge in [-0.1, -0.05) is 25.3 Å². The van der Waals surface area contributed by atoms with E-state index >= 15 is 0 Å². The van der Waals surface area contributed by atoms with Crippen molar-refractivity contribution < 1.29 is 9.18 Å². The van der Waals surface area contributed by atoms with Crippen molar-refractivity contribution in [3.05, 3.63) is 47.8 Å². The van der Waals surface area contributed by atoms with Gasteiger partial charge in [-0.25, -0.2) is 9.37 Å². The third kappa shape index (κ3) is 3.33. The van der Waals surface area contributed by atoms with E-state index in [1.54, 1.807) is 23.0 Å². The second kappa shape index (κ2) is 6.73. The van der Waals surface area contributed by atoms with E-state index in [1.807, 2.05) is 13.0 Å². The van der Waals surface area contributed by atoms with Crippen LogP contribution in [0, 0.1) is 12.7 Å². The molecule has 0 spiro atoms. The van der Waals surface area contributed by atoms with Gasteiger partial charge in [0.15, 0.2) is 0 Å². The molecule has 1 saturated carbocycles. The molecule has 24 heavy (non-hydrogen) atoms. The van der Waals surface area contributed by atoms with Crippen molar-refractivity contribution in [3.8, 4) is 5.69 Å². The highest BCUT2D eigenvalue weighted by Crippen LogP contribution is 2.26. The van der Waals surface area contributed by atoms with E-state index < -0.39 is 5.54 Å². The molecule has 1 fully saturated rings. The summed E-state index contributed by atoms with van der Waals surface area (Å²) in [6, 6.07) is 4.95. The third-order valence-electron chi connectivity index (χ3n) is 4.75. The molecule has 6 heteroatoms. The zero-order chi connectivity index (χ0) is 17.2. The van der Waals surface area contributed by atoms with Crippen molar-refractivity contribution in [3.63, 3.8) is 0 Å². The Hall–Kier alpha value is -2.21. The first kappa shape index (κ1) is 16.6. The lowest BCUT2D eigenvalue weighted by Crippen LogP contribution is -2.54. The Morgan fingerprint density at radius 1 is 1.38 bits per heavy atom. The fourth-order valence-electron chi connectivity index (χ4n) is 3.26. The van der Waals surface area contributed by atoms with Crippen LogP contribution in [0.25, 0.3) is 5.69 Å². The van der Waals surface area contributed by atoms with Crippen LogP contribution in [0.5, 0.6) is 0 Å². The average molecular weight is 330 g/mol. The molecular weight excluding hydrogens is 307 g/mol. The van der Waals surface area contributed by atoms with Crippen molar-refractivity contribution in [2.45, 2.75) is 51.1 Å². The predicted molar refractivity (Wildman–Crippen MR) is 90.1 cm³/mol. The van der Waals surface area contributed by atoms with Crippen molar-refractivity contribution in [1.29, 1.82) is 0 Å². The highest BCUT2D eigenvalue weighted by atomic mass is 19.1. The number of nitrogens with one attached hydrogen (secondary N) is 1. The molecule has 0 aliphatic heterocycles. The van der Waals surface area contributed by atoms with Gasteiger partial charge in [-0.3, -0.25) is 4.79 Å². The monoisotopic (exact) mass is 330 g/mol. The lowest BCUT2D eigenvalue weighted by atomic mass is 9.82. The fraction of sp³-hybridized carbons (Fsp3) is 0.444. The lowest BCUT2D eigenvalue weighted by Gasteiger charge is -2.31. The molecule has 1 aliphatic rings. The van der Waals surface area contributed by atoms with E-state index in [-0.39, 0.29) is 18.3 Å². The van der Waals surface area contributed by atoms with Gasteiger partial charge in [0.05, 0.1) is 11.2 Å². The summed E-state index contributed by atoms with van der Waals surface area (Å²) in [5.74, 6) is 0.234. The molecule has 0 unspecified atom stereocenters. The summed E-state index contributed by atoms with van der Waals surface area (Å²) >= 11 is 0. The normalized spacial score (nSPS) is 16.8. The molecule has 0 radical (unpaired) electrons. The van der Waals surface area contributed by atoms with E-state index in [0.29, 0.717) is 24.1 Å². The van der Waals surface area contributed by atoms with Gasteiger partial charge in [-0.15, -0.1) is 0 Å². The van der Waals surface area contributed by atoms with Crippen LogP contribution < -0.4 is 11.1 Å². The summed E-state index contributed by atoms with van der Waals surface area (Å²) in [6.45, 7) is 2.09. The summed E-state index contributed by atoms with van der Waals surface area (Å²) < 4.78 is 16.1. The summed E-state index contributed by atoms with van der Waals surface area (Å²) in [5, 5.41) is 2.85. The molecule has 0 bridgehead atoms. The molecule has 1 amide bonds. The van der Waals surface area contributed by atoms with E-state index in [2.05, 4.69) is 10.3 Å².